The lowest BCUT2D eigenvalue weighted by atomic mass is 10.1. The minimum atomic E-state index is -0.651. The maximum absolute atomic E-state index is 13.1. The van der Waals surface area contributed by atoms with Crippen LogP contribution in [0.2, 0.25) is 0 Å². The summed E-state index contributed by atoms with van der Waals surface area (Å²) in [5.74, 6) is 2.22. The molecule has 74 valence electrons. The summed E-state index contributed by atoms with van der Waals surface area (Å²) in [7, 11) is 0. The zero-order valence-electron chi connectivity index (χ0n) is 8.38. The molecule has 2 heteroatoms. The molecule has 14 heavy (non-hydrogen) atoms. The molecule has 0 aliphatic carbocycles. The molecule has 0 saturated carbocycles. The molecule has 0 aliphatic heterocycles. The van der Waals surface area contributed by atoms with E-state index in [0.717, 1.165) is 0 Å². The average molecular weight is 192 g/mol. The Balaban J connectivity index is 2.64. The van der Waals surface area contributed by atoms with Crippen LogP contribution in [0.15, 0.2) is 24.3 Å². The van der Waals surface area contributed by atoms with Crippen molar-refractivity contribution < 1.29 is 9.13 Å². The number of halogens is 1. The molecule has 0 heterocycles. The Morgan fingerprint density at radius 3 is 2.64 bits per heavy atom. The van der Waals surface area contributed by atoms with E-state index in [1.165, 1.54) is 6.07 Å². The number of hydrogen-bond donors (Lipinski definition) is 0. The fraction of sp³-hybridized carbons (Fsp3) is 0.333. The highest BCUT2D eigenvalue weighted by Gasteiger charge is 2.14. The van der Waals surface area contributed by atoms with E-state index in [1.807, 2.05) is 0 Å². The van der Waals surface area contributed by atoms with E-state index in [9.17, 15) is 4.39 Å². The van der Waals surface area contributed by atoms with E-state index in [0.29, 0.717) is 5.56 Å². The molecule has 0 atom stereocenters. The fourth-order valence-electron chi connectivity index (χ4n) is 0.915. The third-order valence-corrected chi connectivity index (χ3v) is 1.89. The van der Waals surface area contributed by atoms with Crippen LogP contribution in [-0.2, 0) is 11.3 Å². The van der Waals surface area contributed by atoms with Crippen LogP contribution in [-0.4, -0.2) is 5.60 Å². The molecule has 1 rings (SSSR count). The summed E-state index contributed by atoms with van der Waals surface area (Å²) >= 11 is 0. The molecule has 1 aromatic rings. The topological polar surface area (TPSA) is 9.23 Å². The number of ether oxygens (including phenoxy) is 1. The van der Waals surface area contributed by atoms with Gasteiger partial charge in [0, 0.05) is 5.56 Å². The molecule has 0 saturated heterocycles. The first-order valence-electron chi connectivity index (χ1n) is 4.40. The summed E-state index contributed by atoms with van der Waals surface area (Å²) < 4.78 is 18.5. The van der Waals surface area contributed by atoms with E-state index in [-0.39, 0.29) is 12.4 Å². The van der Waals surface area contributed by atoms with E-state index in [2.05, 4.69) is 5.92 Å². The Morgan fingerprint density at radius 1 is 1.43 bits per heavy atom. The Bertz CT molecular complexity index is 350. The van der Waals surface area contributed by atoms with Gasteiger partial charge in [0.1, 0.15) is 11.4 Å². The highest BCUT2D eigenvalue weighted by Crippen LogP contribution is 2.13. The van der Waals surface area contributed by atoms with Crippen LogP contribution in [0, 0.1) is 18.2 Å². The van der Waals surface area contributed by atoms with E-state index >= 15 is 0 Å². The molecule has 1 aromatic carbocycles. The quantitative estimate of drug-likeness (QED) is 0.669. The summed E-state index contributed by atoms with van der Waals surface area (Å²) in [5, 5.41) is 0. The zero-order chi connectivity index (χ0) is 10.6. The first kappa shape index (κ1) is 10.7. The van der Waals surface area contributed by atoms with Crippen LogP contribution >= 0.6 is 0 Å². The molecule has 0 spiro atoms. The molecular weight excluding hydrogens is 179 g/mol. The van der Waals surface area contributed by atoms with Crippen molar-refractivity contribution >= 4 is 0 Å². The molecule has 0 unspecified atom stereocenters. The van der Waals surface area contributed by atoms with Crippen molar-refractivity contribution in [1.29, 1.82) is 0 Å². The highest BCUT2D eigenvalue weighted by molar-refractivity contribution is 5.16. The van der Waals surface area contributed by atoms with Crippen LogP contribution < -0.4 is 0 Å². The maximum Gasteiger partial charge on any atom is 0.128 e. The van der Waals surface area contributed by atoms with Gasteiger partial charge in [0.2, 0.25) is 0 Å². The van der Waals surface area contributed by atoms with Gasteiger partial charge in [0.05, 0.1) is 6.61 Å². The number of hydrogen-bond acceptors (Lipinski definition) is 1. The second-order valence-electron chi connectivity index (χ2n) is 3.53. The van der Waals surface area contributed by atoms with E-state index in [4.69, 9.17) is 11.2 Å². The molecule has 0 N–H and O–H groups in total. The predicted molar refractivity (Wildman–Crippen MR) is 54.1 cm³/mol. The lowest BCUT2D eigenvalue weighted by Gasteiger charge is -2.18. The number of benzene rings is 1. The van der Waals surface area contributed by atoms with Crippen molar-refractivity contribution in [1.82, 2.24) is 0 Å². The summed E-state index contributed by atoms with van der Waals surface area (Å²) in [5.41, 5.74) is -0.127. The van der Waals surface area contributed by atoms with Gasteiger partial charge >= 0.3 is 0 Å². The molecule has 0 amide bonds. The third kappa shape index (κ3) is 2.86. The highest BCUT2D eigenvalue weighted by atomic mass is 19.1. The lowest BCUT2D eigenvalue weighted by molar-refractivity contribution is 0.0132. The van der Waals surface area contributed by atoms with Crippen LogP contribution in [0.1, 0.15) is 19.4 Å². The second-order valence-corrected chi connectivity index (χ2v) is 3.53. The van der Waals surface area contributed by atoms with E-state index in [1.54, 1.807) is 32.0 Å². The van der Waals surface area contributed by atoms with Gasteiger partial charge in [0.25, 0.3) is 0 Å². The first-order chi connectivity index (χ1) is 6.55. The Hall–Kier alpha value is -1.33. The predicted octanol–water partition coefficient (Wildman–Crippen LogP) is 2.75. The SMILES string of the molecule is C#CC(C)(C)OCc1ccccc1F. The van der Waals surface area contributed by atoms with Gasteiger partial charge in [-0.25, -0.2) is 4.39 Å². The standard InChI is InChI=1S/C12H13FO/c1-4-12(2,3)14-9-10-7-5-6-8-11(10)13/h1,5-8H,9H2,2-3H3. The van der Waals surface area contributed by atoms with Crippen molar-refractivity contribution in [2.75, 3.05) is 0 Å². The third-order valence-electron chi connectivity index (χ3n) is 1.89. The molecule has 1 nitrogen and oxygen atoms in total. The Morgan fingerprint density at radius 2 is 2.07 bits per heavy atom. The normalized spacial score (nSPS) is 11.0. The average Bonchev–Trinajstić information content (AvgIpc) is 2.17. The number of rotatable bonds is 3. The molecule has 0 radical (unpaired) electrons. The molecular formula is C12H13FO. The molecule has 0 bridgehead atoms. The van der Waals surface area contributed by atoms with Crippen molar-refractivity contribution in [3.8, 4) is 12.3 Å². The van der Waals surface area contributed by atoms with Gasteiger partial charge in [-0.1, -0.05) is 24.1 Å². The monoisotopic (exact) mass is 192 g/mol. The van der Waals surface area contributed by atoms with Crippen molar-refractivity contribution in [3.63, 3.8) is 0 Å². The van der Waals surface area contributed by atoms with Crippen molar-refractivity contribution in [2.45, 2.75) is 26.1 Å². The van der Waals surface area contributed by atoms with Gasteiger partial charge in [0.15, 0.2) is 0 Å². The van der Waals surface area contributed by atoms with Crippen molar-refractivity contribution in [2.24, 2.45) is 0 Å². The minimum Gasteiger partial charge on any atom is -0.358 e. The van der Waals surface area contributed by atoms with Crippen molar-refractivity contribution in [3.05, 3.63) is 35.6 Å². The minimum absolute atomic E-state index is 0.198. The smallest absolute Gasteiger partial charge is 0.128 e. The fourth-order valence-corrected chi connectivity index (χ4v) is 0.915. The van der Waals surface area contributed by atoms with Crippen LogP contribution in [0.5, 0.6) is 0 Å². The summed E-state index contributed by atoms with van der Waals surface area (Å²) in [6.45, 7) is 3.74. The Labute approximate surface area is 83.9 Å². The maximum atomic E-state index is 13.1. The van der Waals surface area contributed by atoms with Gasteiger partial charge in [-0.2, -0.15) is 0 Å². The lowest BCUT2D eigenvalue weighted by Crippen LogP contribution is -2.21. The summed E-state index contributed by atoms with van der Waals surface area (Å²) in [4.78, 5) is 0. The van der Waals surface area contributed by atoms with Gasteiger partial charge in [-0.3, -0.25) is 0 Å². The van der Waals surface area contributed by atoms with Crippen LogP contribution in [0.25, 0.3) is 0 Å². The molecule has 0 aliphatic rings. The number of terminal acetylenes is 1. The zero-order valence-corrected chi connectivity index (χ0v) is 8.38. The summed E-state index contributed by atoms with van der Waals surface area (Å²) in [6.07, 6.45) is 5.24. The van der Waals surface area contributed by atoms with Crippen LogP contribution in [0.3, 0.4) is 0 Å². The largest absolute Gasteiger partial charge is 0.358 e. The van der Waals surface area contributed by atoms with Gasteiger partial charge in [-0.15, -0.1) is 6.42 Å². The second kappa shape index (κ2) is 4.26. The Kier molecular flexibility index (Phi) is 3.27. The van der Waals surface area contributed by atoms with Gasteiger partial charge < -0.3 is 4.74 Å². The molecule has 0 fully saturated rings. The van der Waals surface area contributed by atoms with Crippen LogP contribution in [0.4, 0.5) is 4.39 Å². The van der Waals surface area contributed by atoms with E-state index < -0.39 is 5.60 Å². The molecule has 0 aromatic heterocycles. The summed E-state index contributed by atoms with van der Waals surface area (Å²) in [6, 6.07) is 6.50. The first-order valence-corrected chi connectivity index (χ1v) is 4.40. The van der Waals surface area contributed by atoms with Gasteiger partial charge in [-0.05, 0) is 19.9 Å².